The van der Waals surface area contributed by atoms with E-state index in [1.807, 2.05) is 33.9 Å². The molecule has 31 heavy (non-hydrogen) atoms. The Labute approximate surface area is 180 Å². The van der Waals surface area contributed by atoms with Gasteiger partial charge in [0.1, 0.15) is 18.2 Å². The Morgan fingerprint density at radius 3 is 2.90 bits per heavy atom. The monoisotopic (exact) mass is 442 g/mol. The van der Waals surface area contributed by atoms with Crippen LogP contribution in [0.5, 0.6) is 5.75 Å². The van der Waals surface area contributed by atoms with Crippen LogP contribution in [-0.2, 0) is 13.1 Å². The summed E-state index contributed by atoms with van der Waals surface area (Å²) < 4.78 is 35.4. The maximum atomic E-state index is 14.1. The molecule has 0 bridgehead atoms. The molecule has 9 heteroatoms. The summed E-state index contributed by atoms with van der Waals surface area (Å²) in [4.78, 5) is 18.9. The van der Waals surface area contributed by atoms with Gasteiger partial charge in [0.15, 0.2) is 0 Å². The lowest BCUT2D eigenvalue weighted by Crippen LogP contribution is -2.27. The molecule has 2 aromatic carbocycles. The number of benzene rings is 2. The lowest BCUT2D eigenvalue weighted by molar-refractivity contribution is 0.216. The number of fused-ring (bicyclic) bond motifs is 2. The second-order valence-electron chi connectivity index (χ2n) is 7.39. The number of aromatic nitrogens is 3. The number of hydrogen-bond acceptors (Lipinski definition) is 4. The topological polar surface area (TPSA) is 63.2 Å². The number of nitrogens with one attached hydrogen (secondary N) is 1. The molecule has 1 aliphatic heterocycles. The highest BCUT2D eigenvalue weighted by Crippen LogP contribution is 2.35. The van der Waals surface area contributed by atoms with Crippen molar-refractivity contribution in [2.24, 2.45) is 0 Å². The third-order valence-electron chi connectivity index (χ3n) is 5.31. The van der Waals surface area contributed by atoms with Crippen LogP contribution in [0.25, 0.3) is 16.6 Å². The van der Waals surface area contributed by atoms with E-state index in [0.717, 1.165) is 22.2 Å². The molecule has 0 unspecified atom stereocenters. The largest absolute Gasteiger partial charge is 0.490 e. The minimum atomic E-state index is -0.721. The maximum absolute atomic E-state index is 14.1. The molecule has 5 rings (SSSR count). The maximum Gasteiger partial charge on any atom is 0.347 e. The van der Waals surface area contributed by atoms with E-state index in [0.29, 0.717) is 36.0 Å². The third-order valence-corrected chi connectivity index (χ3v) is 5.59. The summed E-state index contributed by atoms with van der Waals surface area (Å²) in [6, 6.07) is 10.2. The molecule has 1 aliphatic rings. The van der Waals surface area contributed by atoms with Gasteiger partial charge < -0.3 is 9.30 Å². The van der Waals surface area contributed by atoms with E-state index in [-0.39, 0.29) is 12.4 Å². The zero-order chi connectivity index (χ0) is 21.5. The van der Waals surface area contributed by atoms with Crippen molar-refractivity contribution >= 4 is 22.5 Å². The summed E-state index contributed by atoms with van der Waals surface area (Å²) in [5.74, 6) is -0.392. The van der Waals surface area contributed by atoms with Crippen LogP contribution < -0.4 is 10.4 Å². The molecule has 0 fully saturated rings. The number of halogens is 3. The molecule has 6 nitrogen and oxygen atoms in total. The van der Waals surface area contributed by atoms with E-state index in [9.17, 15) is 13.6 Å². The van der Waals surface area contributed by atoms with Crippen molar-refractivity contribution in [1.29, 1.82) is 0 Å². The molecule has 0 radical (unpaired) electrons. The highest BCUT2D eigenvalue weighted by Gasteiger charge is 2.21. The van der Waals surface area contributed by atoms with Gasteiger partial charge in [-0.05, 0) is 36.4 Å². The van der Waals surface area contributed by atoms with Crippen molar-refractivity contribution in [3.05, 3.63) is 87.2 Å². The SMILES string of the molecule is O=c1ncc(CN2CCOc3c(Cl)cc(-n4ccc5cc(F)ccc54)cc3C2)c(F)[nH]1. The van der Waals surface area contributed by atoms with Gasteiger partial charge in [-0.15, -0.1) is 0 Å². The molecule has 1 N–H and O–H groups in total. The number of ether oxygens (including phenoxy) is 1. The summed E-state index contributed by atoms with van der Waals surface area (Å²) in [7, 11) is 0. The van der Waals surface area contributed by atoms with Crippen LogP contribution in [0.3, 0.4) is 0 Å². The zero-order valence-corrected chi connectivity index (χ0v) is 17.0. The third kappa shape index (κ3) is 3.80. The van der Waals surface area contributed by atoms with E-state index >= 15 is 0 Å². The number of H-pyrrole nitrogens is 1. The Morgan fingerprint density at radius 1 is 1.19 bits per heavy atom. The van der Waals surface area contributed by atoms with Gasteiger partial charge in [0.05, 0.1) is 10.5 Å². The first-order valence-corrected chi connectivity index (χ1v) is 10.0. The second kappa shape index (κ2) is 7.79. The van der Waals surface area contributed by atoms with Crippen molar-refractivity contribution in [1.82, 2.24) is 19.4 Å². The highest BCUT2D eigenvalue weighted by atomic mass is 35.5. The van der Waals surface area contributed by atoms with Gasteiger partial charge in [0, 0.05) is 54.2 Å². The molecule has 0 saturated heterocycles. The first-order valence-electron chi connectivity index (χ1n) is 9.66. The second-order valence-corrected chi connectivity index (χ2v) is 7.80. The minimum Gasteiger partial charge on any atom is -0.490 e. The van der Waals surface area contributed by atoms with Gasteiger partial charge in [-0.2, -0.15) is 4.39 Å². The Balaban J connectivity index is 1.50. The molecule has 0 spiro atoms. The standard InChI is InChI=1S/C22H17ClF2N4O2/c23-18-9-17(29-4-3-13-7-16(24)1-2-19(13)29)8-14-11-28(5-6-31-20(14)18)12-15-10-26-22(30)27-21(15)25/h1-4,7-10H,5-6,11-12H2,(H,26,27,30). The predicted octanol–water partition coefficient (Wildman–Crippen LogP) is 4.04. The zero-order valence-electron chi connectivity index (χ0n) is 16.2. The lowest BCUT2D eigenvalue weighted by atomic mass is 10.1. The average Bonchev–Trinajstić information content (AvgIpc) is 3.03. The fraction of sp³-hybridized carbons (Fsp3) is 0.182. The first kappa shape index (κ1) is 19.7. The summed E-state index contributed by atoms with van der Waals surface area (Å²) in [6.07, 6.45) is 3.11. The number of hydrogen-bond donors (Lipinski definition) is 1. The normalized spacial score (nSPS) is 14.3. The van der Waals surface area contributed by atoms with E-state index in [4.69, 9.17) is 16.3 Å². The summed E-state index contributed by atoms with van der Waals surface area (Å²) in [5, 5.41) is 1.25. The molecule has 0 aliphatic carbocycles. The summed E-state index contributed by atoms with van der Waals surface area (Å²) >= 11 is 6.54. The number of aromatic amines is 1. The Morgan fingerprint density at radius 2 is 2.06 bits per heavy atom. The van der Waals surface area contributed by atoms with Crippen LogP contribution in [0.2, 0.25) is 5.02 Å². The van der Waals surface area contributed by atoms with Gasteiger partial charge >= 0.3 is 5.69 Å². The molecule has 0 atom stereocenters. The highest BCUT2D eigenvalue weighted by molar-refractivity contribution is 6.32. The number of nitrogens with zero attached hydrogens (tertiary/aromatic N) is 3. The van der Waals surface area contributed by atoms with Gasteiger partial charge in [-0.25, -0.2) is 14.2 Å². The fourth-order valence-electron chi connectivity index (χ4n) is 3.87. The molecular formula is C22H17ClF2N4O2. The molecule has 4 aromatic rings. The Bertz CT molecular complexity index is 1350. The van der Waals surface area contributed by atoms with Crippen LogP contribution in [0, 0.1) is 11.8 Å². The summed E-state index contributed by atoms with van der Waals surface area (Å²) in [5.41, 5.74) is 2.09. The Hall–Kier alpha value is -3.23. The van der Waals surface area contributed by atoms with Crippen LogP contribution in [0.1, 0.15) is 11.1 Å². The van der Waals surface area contributed by atoms with Crippen LogP contribution in [0.15, 0.2) is 53.6 Å². The van der Waals surface area contributed by atoms with Crippen LogP contribution in [0.4, 0.5) is 8.78 Å². The smallest absolute Gasteiger partial charge is 0.347 e. The van der Waals surface area contributed by atoms with Crippen molar-refractivity contribution in [2.75, 3.05) is 13.2 Å². The van der Waals surface area contributed by atoms with Crippen molar-refractivity contribution < 1.29 is 13.5 Å². The first-order chi connectivity index (χ1) is 15.0. The van der Waals surface area contributed by atoms with Crippen molar-refractivity contribution in [3.8, 4) is 11.4 Å². The fourth-order valence-corrected chi connectivity index (χ4v) is 4.16. The molecule has 3 heterocycles. The van der Waals surface area contributed by atoms with E-state index < -0.39 is 11.6 Å². The Kier molecular flexibility index (Phi) is 4.95. The minimum absolute atomic E-state index is 0.256. The van der Waals surface area contributed by atoms with Crippen LogP contribution in [-0.4, -0.2) is 32.6 Å². The summed E-state index contributed by atoms with van der Waals surface area (Å²) in [6.45, 7) is 1.65. The van der Waals surface area contributed by atoms with Gasteiger partial charge in [-0.1, -0.05) is 11.6 Å². The molecular weight excluding hydrogens is 426 g/mol. The van der Waals surface area contributed by atoms with Gasteiger partial charge in [-0.3, -0.25) is 9.88 Å². The molecule has 0 amide bonds. The van der Waals surface area contributed by atoms with Gasteiger partial charge in [0.2, 0.25) is 5.95 Å². The van der Waals surface area contributed by atoms with E-state index in [1.165, 1.54) is 18.3 Å². The van der Waals surface area contributed by atoms with Crippen molar-refractivity contribution in [3.63, 3.8) is 0 Å². The van der Waals surface area contributed by atoms with Gasteiger partial charge in [0.25, 0.3) is 0 Å². The molecule has 2 aromatic heterocycles. The number of rotatable bonds is 3. The quantitative estimate of drug-likeness (QED) is 0.486. The lowest BCUT2D eigenvalue weighted by Gasteiger charge is -2.19. The molecule has 158 valence electrons. The average molecular weight is 443 g/mol. The van der Waals surface area contributed by atoms with E-state index in [2.05, 4.69) is 9.97 Å². The van der Waals surface area contributed by atoms with Crippen LogP contribution >= 0.6 is 11.6 Å². The predicted molar refractivity (Wildman–Crippen MR) is 113 cm³/mol. The van der Waals surface area contributed by atoms with E-state index in [1.54, 1.807) is 6.07 Å². The molecule has 0 saturated carbocycles. The van der Waals surface area contributed by atoms with Crippen molar-refractivity contribution in [2.45, 2.75) is 13.1 Å².